The molecule has 0 aliphatic carbocycles. The van der Waals surface area contributed by atoms with Gasteiger partial charge >= 0.3 is 0 Å². The third-order valence-corrected chi connectivity index (χ3v) is 6.39. The van der Waals surface area contributed by atoms with Crippen LogP contribution in [0.2, 0.25) is 0 Å². The zero-order chi connectivity index (χ0) is 45.1. The lowest BCUT2D eigenvalue weighted by atomic mass is 9.85. The lowest BCUT2D eigenvalue weighted by Gasteiger charge is -2.18. The highest BCUT2D eigenvalue weighted by molar-refractivity contribution is 6.27. The zero-order valence-corrected chi connectivity index (χ0v) is 19.1. The van der Waals surface area contributed by atoms with Crippen molar-refractivity contribution in [1.29, 1.82) is 0 Å². The van der Waals surface area contributed by atoms with E-state index >= 15 is 0 Å². The van der Waals surface area contributed by atoms with Crippen molar-refractivity contribution in [1.82, 2.24) is 0 Å². The Balaban J connectivity index is 1.81. The van der Waals surface area contributed by atoms with Gasteiger partial charge in [-0.15, -0.1) is 0 Å². The molecule has 8 rings (SSSR count). The summed E-state index contributed by atoms with van der Waals surface area (Å²) in [6.07, 6.45) is 0. The molecule has 0 bridgehead atoms. The molecule has 0 unspecified atom stereocenters. The van der Waals surface area contributed by atoms with E-state index in [0.717, 1.165) is 6.07 Å². The third-order valence-electron chi connectivity index (χ3n) is 6.39. The minimum absolute atomic E-state index is 0.202. The van der Waals surface area contributed by atoms with E-state index in [1.807, 2.05) is 0 Å². The van der Waals surface area contributed by atoms with Crippen molar-refractivity contribution in [3.63, 3.8) is 0 Å². The number of fused-ring (bicyclic) bond motifs is 8. The largest absolute Gasteiger partial charge is 0.0636 e. The van der Waals surface area contributed by atoms with Crippen LogP contribution < -0.4 is 0 Å². The Bertz CT molecular complexity index is 3340. The maximum atomic E-state index is 9.87. The highest BCUT2D eigenvalue weighted by Gasteiger charge is 2.17. The Morgan fingerprint density at radius 2 is 0.711 bits per heavy atom. The first-order valence-corrected chi connectivity index (χ1v) is 11.3. The van der Waals surface area contributed by atoms with E-state index in [1.165, 1.54) is 0 Å². The molecule has 0 aliphatic heterocycles. The summed E-state index contributed by atoms with van der Waals surface area (Å²) in [7, 11) is 0. The molecule has 176 valence electrons. The van der Waals surface area contributed by atoms with Crippen LogP contribution in [-0.2, 0) is 0 Å². The number of hydrogen-bond donors (Lipinski definition) is 0. The van der Waals surface area contributed by atoms with Gasteiger partial charge in [0, 0.05) is 0 Å². The second-order valence-electron chi connectivity index (χ2n) is 8.33. The summed E-state index contributed by atoms with van der Waals surface area (Å²) in [5.41, 5.74) is -2.66. The summed E-state index contributed by atoms with van der Waals surface area (Å²) < 4.78 is 204. The first-order chi connectivity index (χ1) is 28.4. The van der Waals surface area contributed by atoms with Gasteiger partial charge in [0.05, 0.1) is 31.5 Å². The number of benzene rings is 8. The molecule has 0 N–H and O–H groups in total. The Morgan fingerprint density at radius 3 is 1.32 bits per heavy atom. The van der Waals surface area contributed by atoms with E-state index in [9.17, 15) is 9.60 Å². The molecular formula is C38H24. The van der Waals surface area contributed by atoms with Crippen LogP contribution in [-0.4, -0.2) is 0 Å². The van der Waals surface area contributed by atoms with Gasteiger partial charge in [-0.1, -0.05) is 139 Å². The van der Waals surface area contributed by atoms with Crippen LogP contribution in [0.5, 0.6) is 0 Å². The highest BCUT2D eigenvalue weighted by Crippen LogP contribution is 2.45. The summed E-state index contributed by atoms with van der Waals surface area (Å²) in [4.78, 5) is 0. The second kappa shape index (κ2) is 8.30. The maximum absolute atomic E-state index is 9.87. The Hall–Kier alpha value is -4.94. The van der Waals surface area contributed by atoms with Crippen molar-refractivity contribution in [3.05, 3.63) is 145 Å². The van der Waals surface area contributed by atoms with Crippen LogP contribution in [0.4, 0.5) is 0 Å². The first-order valence-electron chi connectivity index (χ1n) is 22.8. The molecule has 0 nitrogen and oxygen atoms in total. The summed E-state index contributed by atoms with van der Waals surface area (Å²) >= 11 is 0. The fourth-order valence-electron chi connectivity index (χ4n) is 4.85. The van der Waals surface area contributed by atoms with E-state index in [2.05, 4.69) is 0 Å². The molecule has 0 aromatic heterocycles. The van der Waals surface area contributed by atoms with Crippen LogP contribution in [0.3, 0.4) is 0 Å². The predicted molar refractivity (Wildman–Crippen MR) is 165 cm³/mol. The molecule has 0 amide bonds. The number of hydrogen-bond acceptors (Lipinski definition) is 0. The molecule has 0 atom stereocenters. The van der Waals surface area contributed by atoms with Crippen LogP contribution in [0.1, 0.15) is 31.5 Å². The zero-order valence-electron chi connectivity index (χ0n) is 42.1. The van der Waals surface area contributed by atoms with Crippen molar-refractivity contribution in [2.75, 3.05) is 0 Å². The fourth-order valence-corrected chi connectivity index (χ4v) is 4.85. The minimum Gasteiger partial charge on any atom is -0.0622 e. The summed E-state index contributed by atoms with van der Waals surface area (Å²) in [6.45, 7) is 0. The highest BCUT2D eigenvalue weighted by atomic mass is 14.2. The van der Waals surface area contributed by atoms with Crippen molar-refractivity contribution in [3.8, 4) is 22.3 Å². The van der Waals surface area contributed by atoms with Crippen molar-refractivity contribution < 1.29 is 31.5 Å². The van der Waals surface area contributed by atoms with Crippen LogP contribution in [0.15, 0.2) is 145 Å². The smallest absolute Gasteiger partial charge is 0.0622 e. The van der Waals surface area contributed by atoms with Gasteiger partial charge in [-0.05, 0) is 82.2 Å². The first kappa shape index (κ1) is 8.55. The number of rotatable bonds is 2. The average Bonchev–Trinajstić information content (AvgIpc) is 3.23. The lowest BCUT2D eigenvalue weighted by Crippen LogP contribution is -1.91. The molecule has 8 aromatic rings. The van der Waals surface area contributed by atoms with Gasteiger partial charge in [0.1, 0.15) is 0 Å². The topological polar surface area (TPSA) is 0 Å². The molecule has 8 aromatic carbocycles. The summed E-state index contributed by atoms with van der Waals surface area (Å²) in [5.74, 6) is 0. The standard InChI is InChI=1S/C38H24/c1-2-12-25(13-3-1)37-32-18-8-10-20-34(32)38(35-21-11-9-19-33(35)37)26-22-23-31-29-16-5-4-14-27(29)28-15-6-7-17-30(28)36(31)24-26/h1-24H/i1D,2D,3D,4D,5D,6D,7D,8D,9D,10D,11D,12D,13D,14D,15D,17D,18D,19D,20D,21D,22D,23D,24D. The van der Waals surface area contributed by atoms with E-state index < -0.39 is 194 Å². The molecule has 0 heteroatoms. The third kappa shape index (κ3) is 3.04. The second-order valence-corrected chi connectivity index (χ2v) is 8.33. The van der Waals surface area contributed by atoms with E-state index in [0.29, 0.717) is 0 Å². The normalized spacial score (nSPS) is 20.2. The van der Waals surface area contributed by atoms with Gasteiger partial charge in [-0.2, -0.15) is 0 Å². The molecular weight excluding hydrogens is 456 g/mol. The SMILES string of the molecule is [2H]c1cc2c(c([2H])c1[2H])c1c([2H])c([2H])c([2H])c([2H])c1c1c([2H])c(-c3c4c([2H])c([2H])c([2H])c([2H])c4c(-c4c([2H])c([2H])c([2H])c([2H])c4[2H])c4c([2H])c([2H])c([2H])c([2H])c34)c([2H])c([2H])c21. The minimum atomic E-state index is -0.918. The van der Waals surface area contributed by atoms with Crippen molar-refractivity contribution >= 4 is 53.9 Å². The molecule has 0 radical (unpaired) electrons. The van der Waals surface area contributed by atoms with Crippen LogP contribution >= 0.6 is 0 Å². The fraction of sp³-hybridized carbons (Fsp3) is 0. The maximum Gasteiger partial charge on any atom is 0.0636 e. The van der Waals surface area contributed by atoms with Crippen molar-refractivity contribution in [2.24, 2.45) is 0 Å². The molecule has 0 saturated carbocycles. The Kier molecular flexibility index (Phi) is 1.87. The molecule has 38 heavy (non-hydrogen) atoms. The van der Waals surface area contributed by atoms with Gasteiger partial charge in [0.2, 0.25) is 0 Å². The van der Waals surface area contributed by atoms with Gasteiger partial charge in [0.25, 0.3) is 0 Å². The van der Waals surface area contributed by atoms with Gasteiger partial charge in [-0.25, -0.2) is 0 Å². The van der Waals surface area contributed by atoms with Gasteiger partial charge in [0.15, 0.2) is 0 Å². The lowest BCUT2D eigenvalue weighted by molar-refractivity contribution is 1.66. The van der Waals surface area contributed by atoms with Crippen molar-refractivity contribution in [2.45, 2.75) is 0 Å². The summed E-state index contributed by atoms with van der Waals surface area (Å²) in [6, 6.07) is -18.0. The van der Waals surface area contributed by atoms with Gasteiger partial charge < -0.3 is 0 Å². The Morgan fingerprint density at radius 1 is 0.289 bits per heavy atom. The predicted octanol–water partition coefficient (Wildman–Crippen LogP) is 10.8. The van der Waals surface area contributed by atoms with Crippen LogP contribution in [0.25, 0.3) is 76.1 Å². The quantitative estimate of drug-likeness (QED) is 0.162. The van der Waals surface area contributed by atoms with E-state index in [-0.39, 0.29) is 21.5 Å². The summed E-state index contributed by atoms with van der Waals surface area (Å²) in [5, 5.41) is -4.67. The Labute approximate surface area is 253 Å². The monoisotopic (exact) mass is 503 g/mol. The molecule has 0 fully saturated rings. The molecule has 0 aliphatic rings. The van der Waals surface area contributed by atoms with Gasteiger partial charge in [-0.3, -0.25) is 0 Å². The molecule has 0 saturated heterocycles. The van der Waals surface area contributed by atoms with E-state index in [1.54, 1.807) is 0 Å². The van der Waals surface area contributed by atoms with Crippen LogP contribution in [0, 0.1) is 0 Å². The molecule has 0 spiro atoms. The molecule has 0 heterocycles. The van der Waals surface area contributed by atoms with E-state index in [4.69, 9.17) is 21.9 Å². The average molecular weight is 504 g/mol.